The van der Waals surface area contributed by atoms with Crippen molar-refractivity contribution in [3.05, 3.63) is 17.5 Å². The molecule has 2 aliphatic rings. The Kier molecular flexibility index (Phi) is 7.86. The number of rotatable bonds is 4. The molecule has 0 saturated carbocycles. The molecule has 1 atom stereocenters. The predicted octanol–water partition coefficient (Wildman–Crippen LogP) is 3.53. The van der Waals surface area contributed by atoms with E-state index >= 15 is 0 Å². The van der Waals surface area contributed by atoms with Gasteiger partial charge in [0.2, 0.25) is 0 Å². The third kappa shape index (κ3) is 6.79. The molecule has 1 aromatic rings. The average molecular weight is 436 g/mol. The smallest absolute Gasteiger partial charge is 0.410 e. The molecule has 0 radical (unpaired) electrons. The van der Waals surface area contributed by atoms with Crippen molar-refractivity contribution in [3.8, 4) is 0 Å². The highest BCUT2D eigenvalue weighted by Crippen LogP contribution is 2.25. The Labute approximate surface area is 184 Å². The number of carbonyl (C=O) groups is 1. The van der Waals surface area contributed by atoms with Crippen LogP contribution in [0.5, 0.6) is 0 Å². The van der Waals surface area contributed by atoms with Crippen LogP contribution in [0.1, 0.15) is 46.5 Å². The predicted molar refractivity (Wildman–Crippen MR) is 125 cm³/mol. The first-order valence-corrected chi connectivity index (χ1v) is 12.0. The van der Waals surface area contributed by atoms with E-state index in [1.807, 2.05) is 44.1 Å². The van der Waals surface area contributed by atoms with Gasteiger partial charge in [-0.05, 0) is 69.9 Å². The maximum absolute atomic E-state index is 12.4. The van der Waals surface area contributed by atoms with Gasteiger partial charge in [-0.3, -0.25) is 4.99 Å². The zero-order chi connectivity index (χ0) is 21.6. The lowest BCUT2D eigenvalue weighted by atomic mass is 9.98. The first-order valence-electron chi connectivity index (χ1n) is 11.1. The molecule has 2 fully saturated rings. The molecule has 168 valence electrons. The van der Waals surface area contributed by atoms with Gasteiger partial charge in [0.05, 0.1) is 5.00 Å². The van der Waals surface area contributed by atoms with Gasteiger partial charge in [0.15, 0.2) is 5.96 Å². The Morgan fingerprint density at radius 2 is 2.03 bits per heavy atom. The van der Waals surface area contributed by atoms with Crippen LogP contribution < -0.4 is 15.5 Å². The summed E-state index contributed by atoms with van der Waals surface area (Å²) in [6.45, 7) is 10.2. The zero-order valence-corrected chi connectivity index (χ0v) is 19.6. The van der Waals surface area contributed by atoms with E-state index in [2.05, 4.69) is 38.0 Å². The minimum atomic E-state index is -0.451. The van der Waals surface area contributed by atoms with E-state index in [0.717, 1.165) is 64.4 Å². The highest BCUT2D eigenvalue weighted by atomic mass is 32.1. The second-order valence-electron chi connectivity index (χ2n) is 9.24. The first-order chi connectivity index (χ1) is 14.3. The van der Waals surface area contributed by atoms with Gasteiger partial charge < -0.3 is 25.2 Å². The quantitative estimate of drug-likeness (QED) is 0.559. The first kappa shape index (κ1) is 22.7. The normalized spacial score (nSPS) is 21.5. The second-order valence-corrected chi connectivity index (χ2v) is 10.2. The van der Waals surface area contributed by atoms with E-state index in [1.165, 1.54) is 5.00 Å². The highest BCUT2D eigenvalue weighted by Gasteiger charge is 2.28. The number of carbonyl (C=O) groups excluding carboxylic acids is 1. The maximum Gasteiger partial charge on any atom is 0.410 e. The lowest BCUT2D eigenvalue weighted by Crippen LogP contribution is -2.51. The van der Waals surface area contributed by atoms with Crippen LogP contribution in [0.15, 0.2) is 22.5 Å². The number of piperidine rings is 2. The number of hydrogen-bond donors (Lipinski definition) is 2. The number of guanidine groups is 1. The fourth-order valence-electron chi connectivity index (χ4n) is 4.05. The van der Waals surface area contributed by atoms with Gasteiger partial charge >= 0.3 is 6.09 Å². The van der Waals surface area contributed by atoms with Crippen LogP contribution in [0, 0.1) is 5.92 Å². The molecule has 0 spiro atoms. The van der Waals surface area contributed by atoms with Crippen molar-refractivity contribution >= 4 is 28.4 Å². The van der Waals surface area contributed by atoms with Crippen LogP contribution in [0.3, 0.4) is 0 Å². The molecule has 0 aliphatic carbocycles. The molecule has 1 unspecified atom stereocenters. The highest BCUT2D eigenvalue weighted by molar-refractivity contribution is 7.14. The zero-order valence-electron chi connectivity index (χ0n) is 18.8. The van der Waals surface area contributed by atoms with Gasteiger partial charge in [0.25, 0.3) is 0 Å². The van der Waals surface area contributed by atoms with E-state index in [9.17, 15) is 4.79 Å². The molecule has 2 aliphatic heterocycles. The van der Waals surface area contributed by atoms with Crippen molar-refractivity contribution < 1.29 is 9.53 Å². The van der Waals surface area contributed by atoms with E-state index in [0.29, 0.717) is 12.0 Å². The Balaban J connectivity index is 1.40. The van der Waals surface area contributed by atoms with Crippen molar-refractivity contribution in [2.45, 2.75) is 58.1 Å². The van der Waals surface area contributed by atoms with Crippen molar-refractivity contribution in [2.75, 3.05) is 44.7 Å². The van der Waals surface area contributed by atoms with Gasteiger partial charge in [-0.1, -0.05) is 0 Å². The van der Waals surface area contributed by atoms with Crippen molar-refractivity contribution in [3.63, 3.8) is 0 Å². The van der Waals surface area contributed by atoms with E-state index in [4.69, 9.17) is 4.74 Å². The topological polar surface area (TPSA) is 69.2 Å². The number of nitrogens with zero attached hydrogens (tertiary/aromatic N) is 3. The summed E-state index contributed by atoms with van der Waals surface area (Å²) >= 11 is 1.81. The number of hydrogen-bond acceptors (Lipinski definition) is 5. The number of ether oxygens (including phenoxy) is 1. The third-order valence-electron chi connectivity index (χ3n) is 5.61. The summed E-state index contributed by atoms with van der Waals surface area (Å²) in [6, 6.07) is 4.76. The molecule has 2 N–H and O–H groups in total. The van der Waals surface area contributed by atoms with Crippen molar-refractivity contribution in [2.24, 2.45) is 10.9 Å². The van der Waals surface area contributed by atoms with Gasteiger partial charge in [-0.2, -0.15) is 0 Å². The van der Waals surface area contributed by atoms with Crippen LogP contribution in [0.2, 0.25) is 0 Å². The van der Waals surface area contributed by atoms with Gasteiger partial charge in [-0.15, -0.1) is 11.3 Å². The fourth-order valence-corrected chi connectivity index (χ4v) is 4.83. The Morgan fingerprint density at radius 3 is 2.67 bits per heavy atom. The Bertz CT molecular complexity index is 693. The van der Waals surface area contributed by atoms with Crippen LogP contribution in [-0.4, -0.2) is 68.4 Å². The van der Waals surface area contributed by atoms with Crippen LogP contribution >= 0.6 is 11.3 Å². The van der Waals surface area contributed by atoms with E-state index in [-0.39, 0.29) is 6.09 Å². The summed E-state index contributed by atoms with van der Waals surface area (Å²) < 4.78 is 5.54. The molecule has 7 nitrogen and oxygen atoms in total. The second kappa shape index (κ2) is 10.4. The Hall–Kier alpha value is -1.96. The van der Waals surface area contributed by atoms with Crippen molar-refractivity contribution in [1.82, 2.24) is 15.5 Å². The molecule has 0 bridgehead atoms. The number of thiophene rings is 1. The molecule has 30 heavy (non-hydrogen) atoms. The summed E-state index contributed by atoms with van der Waals surface area (Å²) in [5.74, 6) is 1.27. The minimum absolute atomic E-state index is 0.202. The largest absolute Gasteiger partial charge is 0.444 e. The molecular formula is C22H37N5O2S. The van der Waals surface area contributed by atoms with Crippen LogP contribution in [0.4, 0.5) is 9.80 Å². The molecule has 2 saturated heterocycles. The average Bonchev–Trinajstić information content (AvgIpc) is 3.25. The SMILES string of the molecule is CN=C(NCC1CCCN(C(=O)OC(C)(C)C)C1)NC1CCN(c2cccs2)CC1. The van der Waals surface area contributed by atoms with E-state index < -0.39 is 5.60 Å². The Morgan fingerprint density at radius 1 is 1.27 bits per heavy atom. The lowest BCUT2D eigenvalue weighted by molar-refractivity contribution is 0.0168. The standard InChI is InChI=1S/C22H37N5O2S/c1-22(2,3)29-21(28)27-11-5-7-17(16-27)15-24-20(23-4)25-18-9-12-26(13-10-18)19-8-6-14-30-19/h6,8,14,17-18H,5,7,9-13,15-16H2,1-4H3,(H2,23,24,25). The molecule has 3 heterocycles. The third-order valence-corrected chi connectivity index (χ3v) is 6.54. The number of anilines is 1. The molecular weight excluding hydrogens is 398 g/mol. The van der Waals surface area contributed by atoms with Crippen molar-refractivity contribution in [1.29, 1.82) is 0 Å². The minimum Gasteiger partial charge on any atom is -0.444 e. The number of amides is 1. The fraction of sp³-hybridized carbons (Fsp3) is 0.727. The van der Waals surface area contributed by atoms with Gasteiger partial charge in [-0.25, -0.2) is 4.79 Å². The number of nitrogens with one attached hydrogen (secondary N) is 2. The van der Waals surface area contributed by atoms with Crippen LogP contribution in [-0.2, 0) is 4.74 Å². The summed E-state index contributed by atoms with van der Waals surface area (Å²) in [4.78, 5) is 21.1. The molecule has 1 aromatic heterocycles. The molecule has 8 heteroatoms. The van der Waals surface area contributed by atoms with E-state index in [1.54, 1.807) is 0 Å². The lowest BCUT2D eigenvalue weighted by Gasteiger charge is -2.35. The summed E-state index contributed by atoms with van der Waals surface area (Å²) in [5.41, 5.74) is -0.451. The monoisotopic (exact) mass is 435 g/mol. The van der Waals surface area contributed by atoms with Crippen LogP contribution in [0.25, 0.3) is 0 Å². The number of likely N-dealkylation sites (tertiary alicyclic amines) is 1. The summed E-state index contributed by atoms with van der Waals surface area (Å²) in [5, 5.41) is 10.6. The summed E-state index contributed by atoms with van der Waals surface area (Å²) in [6.07, 6.45) is 4.14. The van der Waals surface area contributed by atoms with Gasteiger partial charge in [0, 0.05) is 45.8 Å². The maximum atomic E-state index is 12.4. The van der Waals surface area contributed by atoms with Gasteiger partial charge in [0.1, 0.15) is 5.60 Å². The molecule has 0 aromatic carbocycles. The number of aliphatic imine (C=N–C) groups is 1. The summed E-state index contributed by atoms with van der Waals surface area (Å²) in [7, 11) is 1.82. The molecule has 1 amide bonds. The molecule has 3 rings (SSSR count).